The minimum Gasteiger partial charge on any atom is -0.375 e. The van der Waals surface area contributed by atoms with Crippen LogP contribution in [0.4, 0.5) is 17.2 Å². The average Bonchev–Trinajstić information content (AvgIpc) is 3.09. The molecule has 0 unspecified atom stereocenters. The van der Waals surface area contributed by atoms with Crippen molar-refractivity contribution in [1.82, 2.24) is 19.5 Å². The van der Waals surface area contributed by atoms with Gasteiger partial charge in [0, 0.05) is 43.4 Å². The number of benzene rings is 1. The summed E-state index contributed by atoms with van der Waals surface area (Å²) < 4.78 is 1.84. The molecule has 0 saturated carbocycles. The predicted molar refractivity (Wildman–Crippen MR) is 87.8 cm³/mol. The Bertz CT molecular complexity index is 738. The molecule has 1 aromatic carbocycles. The maximum atomic E-state index is 4.27. The van der Waals surface area contributed by atoms with Gasteiger partial charge in [-0.1, -0.05) is 6.07 Å². The number of hydrogen-bond donors (Lipinski definition) is 1. The van der Waals surface area contributed by atoms with E-state index in [4.69, 9.17) is 0 Å². The van der Waals surface area contributed by atoms with Crippen LogP contribution in [0.15, 0.2) is 55.4 Å². The molecule has 0 aliphatic carbocycles. The zero-order valence-electron chi connectivity index (χ0n) is 12.6. The molecule has 0 atom stereocenters. The van der Waals surface area contributed by atoms with E-state index in [-0.39, 0.29) is 0 Å². The van der Waals surface area contributed by atoms with Crippen molar-refractivity contribution in [3.8, 4) is 5.82 Å². The molecule has 2 aromatic heterocycles. The van der Waals surface area contributed by atoms with Crippen LogP contribution in [0, 0.1) is 0 Å². The van der Waals surface area contributed by atoms with E-state index in [0.717, 1.165) is 29.6 Å². The third-order valence-electron chi connectivity index (χ3n) is 3.46. The minimum atomic E-state index is 0.745. The van der Waals surface area contributed by atoms with Gasteiger partial charge in [0.05, 0.1) is 0 Å². The van der Waals surface area contributed by atoms with Crippen molar-refractivity contribution >= 4 is 17.2 Å². The fraction of sp³-hybridized carbons (Fsp3) is 0.188. The van der Waals surface area contributed by atoms with E-state index < -0.39 is 0 Å². The van der Waals surface area contributed by atoms with Gasteiger partial charge in [0.25, 0.3) is 0 Å². The first-order valence-corrected chi connectivity index (χ1v) is 7.15. The highest BCUT2D eigenvalue weighted by atomic mass is 15.1. The van der Waals surface area contributed by atoms with Gasteiger partial charge >= 0.3 is 0 Å². The van der Waals surface area contributed by atoms with E-state index in [1.54, 1.807) is 18.9 Å². The molecule has 2 heterocycles. The van der Waals surface area contributed by atoms with Gasteiger partial charge in [-0.05, 0) is 25.1 Å². The van der Waals surface area contributed by atoms with E-state index in [1.165, 1.54) is 0 Å². The summed E-state index contributed by atoms with van der Waals surface area (Å²) in [5, 5.41) is 3.31. The molecule has 3 aromatic rings. The Morgan fingerprint density at radius 1 is 1.23 bits per heavy atom. The van der Waals surface area contributed by atoms with E-state index in [9.17, 15) is 0 Å². The average molecular weight is 294 g/mol. The van der Waals surface area contributed by atoms with Gasteiger partial charge in [-0.25, -0.2) is 15.0 Å². The molecule has 0 saturated heterocycles. The molecule has 6 nitrogen and oxygen atoms in total. The van der Waals surface area contributed by atoms with Crippen molar-refractivity contribution in [2.75, 3.05) is 23.8 Å². The Morgan fingerprint density at radius 3 is 2.91 bits per heavy atom. The SMILES string of the molecule is CCN(C)c1cccc(Nc2cc(-n3ccnc3)ncn2)c1. The molecule has 0 bridgehead atoms. The maximum Gasteiger partial charge on any atom is 0.143 e. The minimum absolute atomic E-state index is 0.745. The van der Waals surface area contributed by atoms with Crippen LogP contribution < -0.4 is 10.2 Å². The zero-order valence-corrected chi connectivity index (χ0v) is 12.6. The second kappa shape index (κ2) is 6.26. The third-order valence-corrected chi connectivity index (χ3v) is 3.46. The van der Waals surface area contributed by atoms with E-state index >= 15 is 0 Å². The topological polar surface area (TPSA) is 58.9 Å². The second-order valence-corrected chi connectivity index (χ2v) is 4.92. The number of nitrogens with zero attached hydrogens (tertiary/aromatic N) is 5. The Balaban J connectivity index is 1.83. The number of rotatable bonds is 5. The molecule has 3 rings (SSSR count). The number of aromatic nitrogens is 4. The van der Waals surface area contributed by atoms with Crippen LogP contribution in [0.25, 0.3) is 5.82 Å². The van der Waals surface area contributed by atoms with Gasteiger partial charge in [0.15, 0.2) is 0 Å². The highest BCUT2D eigenvalue weighted by Gasteiger charge is 2.03. The van der Waals surface area contributed by atoms with Crippen LogP contribution in [0.5, 0.6) is 0 Å². The summed E-state index contributed by atoms with van der Waals surface area (Å²) in [6.07, 6.45) is 6.82. The van der Waals surface area contributed by atoms with Crippen molar-refractivity contribution < 1.29 is 0 Å². The summed E-state index contributed by atoms with van der Waals surface area (Å²) >= 11 is 0. The van der Waals surface area contributed by atoms with Crippen LogP contribution in [0.1, 0.15) is 6.92 Å². The molecule has 0 radical (unpaired) electrons. The fourth-order valence-corrected chi connectivity index (χ4v) is 2.10. The van der Waals surface area contributed by atoms with Gasteiger partial charge in [-0.2, -0.15) is 0 Å². The molecule has 0 fully saturated rings. The highest BCUT2D eigenvalue weighted by Crippen LogP contribution is 2.21. The molecule has 0 aliphatic rings. The Labute approximate surface area is 129 Å². The highest BCUT2D eigenvalue weighted by molar-refractivity contribution is 5.63. The molecule has 22 heavy (non-hydrogen) atoms. The summed E-state index contributed by atoms with van der Waals surface area (Å²) in [7, 11) is 2.07. The first kappa shape index (κ1) is 14.1. The van der Waals surface area contributed by atoms with Gasteiger partial charge in [-0.15, -0.1) is 0 Å². The maximum absolute atomic E-state index is 4.27. The Hall–Kier alpha value is -2.89. The van der Waals surface area contributed by atoms with Crippen LogP contribution in [0.3, 0.4) is 0 Å². The smallest absolute Gasteiger partial charge is 0.143 e. The lowest BCUT2D eigenvalue weighted by Gasteiger charge is -2.17. The zero-order chi connectivity index (χ0) is 15.4. The second-order valence-electron chi connectivity index (χ2n) is 4.92. The van der Waals surface area contributed by atoms with Crippen LogP contribution in [0.2, 0.25) is 0 Å². The fourth-order valence-electron chi connectivity index (χ4n) is 2.10. The molecule has 0 amide bonds. The third kappa shape index (κ3) is 3.06. The number of nitrogens with one attached hydrogen (secondary N) is 1. The number of hydrogen-bond acceptors (Lipinski definition) is 5. The summed E-state index contributed by atoms with van der Waals surface area (Å²) in [6.45, 7) is 3.09. The standard InChI is InChI=1S/C16H18N6/c1-3-21(2)14-6-4-5-13(9-14)20-15-10-16(19-11-18-15)22-8-7-17-12-22/h4-12H,3H2,1-2H3,(H,18,19,20). The van der Waals surface area contributed by atoms with Crippen molar-refractivity contribution in [2.24, 2.45) is 0 Å². The molecule has 0 aliphatic heterocycles. The molecule has 112 valence electrons. The summed E-state index contributed by atoms with van der Waals surface area (Å²) in [5.41, 5.74) is 2.16. The normalized spacial score (nSPS) is 10.5. The van der Waals surface area contributed by atoms with Gasteiger partial charge in [-0.3, -0.25) is 4.57 Å². The van der Waals surface area contributed by atoms with Crippen LogP contribution in [-0.2, 0) is 0 Å². The molecule has 6 heteroatoms. The monoisotopic (exact) mass is 294 g/mol. The van der Waals surface area contributed by atoms with Gasteiger partial charge in [0.1, 0.15) is 24.3 Å². The van der Waals surface area contributed by atoms with Crippen molar-refractivity contribution in [2.45, 2.75) is 6.92 Å². The lowest BCUT2D eigenvalue weighted by molar-refractivity contribution is 0.967. The predicted octanol–water partition coefficient (Wildman–Crippen LogP) is 2.86. The van der Waals surface area contributed by atoms with E-state index in [1.807, 2.05) is 29.0 Å². The summed E-state index contributed by atoms with van der Waals surface area (Å²) in [6, 6.07) is 10.1. The summed E-state index contributed by atoms with van der Waals surface area (Å²) in [5.74, 6) is 1.52. The first-order valence-electron chi connectivity index (χ1n) is 7.15. The van der Waals surface area contributed by atoms with Crippen molar-refractivity contribution in [1.29, 1.82) is 0 Å². The lowest BCUT2D eigenvalue weighted by Crippen LogP contribution is -2.15. The number of imidazole rings is 1. The quantitative estimate of drug-likeness (QED) is 0.784. The lowest BCUT2D eigenvalue weighted by atomic mass is 10.2. The first-order chi connectivity index (χ1) is 10.8. The molecular formula is C16H18N6. The number of anilines is 3. The van der Waals surface area contributed by atoms with Crippen molar-refractivity contribution in [3.63, 3.8) is 0 Å². The van der Waals surface area contributed by atoms with E-state index in [2.05, 4.69) is 51.3 Å². The van der Waals surface area contributed by atoms with Gasteiger partial charge < -0.3 is 10.2 Å². The van der Waals surface area contributed by atoms with Crippen LogP contribution >= 0.6 is 0 Å². The molecule has 0 spiro atoms. The Morgan fingerprint density at radius 2 is 2.14 bits per heavy atom. The van der Waals surface area contributed by atoms with E-state index in [0.29, 0.717) is 0 Å². The Kier molecular flexibility index (Phi) is 4.00. The van der Waals surface area contributed by atoms with Crippen molar-refractivity contribution in [3.05, 3.63) is 55.4 Å². The van der Waals surface area contributed by atoms with Crippen LogP contribution in [-0.4, -0.2) is 33.1 Å². The molecular weight excluding hydrogens is 276 g/mol. The molecule has 1 N–H and O–H groups in total. The van der Waals surface area contributed by atoms with Gasteiger partial charge in [0.2, 0.25) is 0 Å². The summed E-state index contributed by atoms with van der Waals surface area (Å²) in [4.78, 5) is 14.7. The largest absolute Gasteiger partial charge is 0.375 e.